The number of anilines is 1. The maximum atomic E-state index is 11.4. The van der Waals surface area contributed by atoms with E-state index in [1.165, 1.54) is 13.3 Å². The smallest absolute Gasteiger partial charge is 0.407 e. The lowest BCUT2D eigenvalue weighted by Crippen LogP contribution is -2.32. The second-order valence-corrected chi connectivity index (χ2v) is 6.11. The van der Waals surface area contributed by atoms with Crippen LogP contribution in [0.3, 0.4) is 0 Å². The van der Waals surface area contributed by atoms with Crippen LogP contribution in [-0.2, 0) is 9.47 Å². The third-order valence-corrected chi connectivity index (χ3v) is 2.80. The summed E-state index contributed by atoms with van der Waals surface area (Å²) in [7, 11) is 1.28. The molecule has 0 atom stereocenters. The molecule has 0 saturated carbocycles. The molecule has 0 unspecified atom stereocenters. The third kappa shape index (κ3) is 7.23. The molecule has 0 aliphatic carbocycles. The minimum absolute atomic E-state index is 0.185. The van der Waals surface area contributed by atoms with Crippen LogP contribution in [0.2, 0.25) is 0 Å². The Morgan fingerprint density at radius 1 is 1.33 bits per heavy atom. The summed E-state index contributed by atoms with van der Waals surface area (Å²) in [4.78, 5) is 29.6. The predicted octanol–water partition coefficient (Wildman–Crippen LogP) is 2.42. The molecular weight excluding hydrogens is 332 g/mol. The number of ether oxygens (including phenoxy) is 2. The van der Waals surface area contributed by atoms with Gasteiger partial charge in [-0.25, -0.2) is 14.6 Å². The van der Waals surface area contributed by atoms with Crippen molar-refractivity contribution >= 4 is 30.1 Å². The minimum atomic E-state index is -0.534. The van der Waals surface area contributed by atoms with E-state index in [4.69, 9.17) is 17.0 Å². The Morgan fingerprint density at radius 2 is 2.00 bits per heavy atom. The number of amides is 1. The molecule has 0 saturated heterocycles. The fourth-order valence-electron chi connectivity index (χ4n) is 1.52. The van der Waals surface area contributed by atoms with Crippen LogP contribution in [0.5, 0.6) is 0 Å². The van der Waals surface area contributed by atoms with Crippen molar-refractivity contribution in [3.05, 3.63) is 28.7 Å². The minimum Gasteiger partial charge on any atom is -0.464 e. The molecule has 1 aromatic rings. The maximum absolute atomic E-state index is 11.4. The van der Waals surface area contributed by atoms with Gasteiger partial charge in [0.25, 0.3) is 0 Å². The highest BCUT2D eigenvalue weighted by Gasteiger charge is 2.14. The van der Waals surface area contributed by atoms with Crippen molar-refractivity contribution in [2.75, 3.05) is 25.5 Å². The van der Waals surface area contributed by atoms with Gasteiger partial charge in [-0.2, -0.15) is 0 Å². The van der Waals surface area contributed by atoms with E-state index in [2.05, 4.69) is 25.3 Å². The van der Waals surface area contributed by atoms with Crippen molar-refractivity contribution in [2.24, 2.45) is 0 Å². The summed E-state index contributed by atoms with van der Waals surface area (Å²) in [5.74, 6) is -0.0873. The van der Waals surface area contributed by atoms with E-state index in [9.17, 15) is 9.59 Å². The molecule has 0 fully saturated rings. The lowest BCUT2D eigenvalue weighted by molar-refractivity contribution is 0.0532. The van der Waals surface area contributed by atoms with E-state index in [1.54, 1.807) is 26.8 Å². The number of nitrogens with zero attached hydrogens (tertiary/aromatic N) is 1. The van der Waals surface area contributed by atoms with Gasteiger partial charge in [0.2, 0.25) is 0 Å². The maximum Gasteiger partial charge on any atom is 0.407 e. The first-order valence-electron chi connectivity index (χ1n) is 7.26. The summed E-state index contributed by atoms with van der Waals surface area (Å²) in [5.41, 5.74) is -0.335. The van der Waals surface area contributed by atoms with Gasteiger partial charge in [0.05, 0.1) is 13.3 Å². The van der Waals surface area contributed by atoms with E-state index in [-0.39, 0.29) is 5.69 Å². The fraction of sp³-hybridized carbons (Fsp3) is 0.467. The second-order valence-electron chi connectivity index (χ2n) is 5.70. The van der Waals surface area contributed by atoms with Gasteiger partial charge in [0.1, 0.15) is 15.9 Å². The lowest BCUT2D eigenvalue weighted by Gasteiger charge is -2.19. The molecule has 0 bridgehead atoms. The zero-order valence-corrected chi connectivity index (χ0v) is 15.0. The second kappa shape index (κ2) is 9.02. The quantitative estimate of drug-likeness (QED) is 0.409. The molecule has 8 nitrogen and oxygen atoms in total. The normalized spacial score (nSPS) is 11.2. The van der Waals surface area contributed by atoms with Crippen LogP contribution < -0.4 is 10.6 Å². The van der Waals surface area contributed by atoms with E-state index >= 15 is 0 Å². The van der Waals surface area contributed by atoms with Crippen molar-refractivity contribution in [2.45, 2.75) is 26.4 Å². The van der Waals surface area contributed by atoms with Crippen molar-refractivity contribution in [1.82, 2.24) is 15.3 Å². The Kier molecular flexibility index (Phi) is 7.37. The number of alkyl carbamates (subject to hydrolysis) is 1. The molecule has 1 rings (SSSR count). The molecule has 1 amide bonds. The average molecular weight is 354 g/mol. The summed E-state index contributed by atoms with van der Waals surface area (Å²) in [6.07, 6.45) is 4.45. The molecule has 3 N–H and O–H groups in total. The molecule has 0 aliphatic heterocycles. The van der Waals surface area contributed by atoms with Crippen molar-refractivity contribution in [3.8, 4) is 0 Å². The Balaban J connectivity index is 2.39. The van der Waals surface area contributed by atoms with Crippen molar-refractivity contribution in [1.29, 1.82) is 0 Å². The van der Waals surface area contributed by atoms with E-state index in [0.717, 1.165) is 0 Å². The Labute approximate surface area is 145 Å². The standard InChI is InChI=1S/C15H22N4O4S/c1-15(2,3)23-14(21)17-8-6-5-7-16-11-12(24)19-10(9-18-11)13(20)22-4/h5-6,9H,7-8H2,1-4H3,(H,16,18)(H,17,21)(H,19,24). The number of rotatable bonds is 6. The van der Waals surface area contributed by atoms with E-state index in [1.807, 2.05) is 6.08 Å². The third-order valence-electron chi connectivity index (χ3n) is 2.51. The largest absolute Gasteiger partial charge is 0.464 e. The summed E-state index contributed by atoms with van der Waals surface area (Å²) in [5, 5.41) is 5.60. The lowest BCUT2D eigenvalue weighted by atomic mass is 10.2. The van der Waals surface area contributed by atoms with Gasteiger partial charge in [0, 0.05) is 13.1 Å². The summed E-state index contributed by atoms with van der Waals surface area (Å²) in [6, 6.07) is 0. The van der Waals surface area contributed by atoms with Crippen molar-refractivity contribution in [3.63, 3.8) is 0 Å². The van der Waals surface area contributed by atoms with Crippen LogP contribution in [-0.4, -0.2) is 47.8 Å². The van der Waals surface area contributed by atoms with Crippen LogP contribution in [0.1, 0.15) is 31.3 Å². The number of aromatic nitrogens is 2. The molecule has 132 valence electrons. The average Bonchev–Trinajstić information content (AvgIpc) is 2.49. The number of hydrogen-bond donors (Lipinski definition) is 3. The van der Waals surface area contributed by atoms with Crippen LogP contribution in [0.4, 0.5) is 10.6 Å². The Morgan fingerprint density at radius 3 is 2.58 bits per heavy atom. The molecule has 1 heterocycles. The fourth-order valence-corrected chi connectivity index (χ4v) is 1.75. The number of aromatic amines is 1. The van der Waals surface area contributed by atoms with Crippen LogP contribution in [0.15, 0.2) is 18.3 Å². The number of hydrogen-bond acceptors (Lipinski definition) is 7. The number of nitrogens with one attached hydrogen (secondary N) is 3. The molecule has 0 radical (unpaired) electrons. The topological polar surface area (TPSA) is 105 Å². The number of H-pyrrole nitrogens is 1. The first-order valence-corrected chi connectivity index (χ1v) is 7.67. The van der Waals surface area contributed by atoms with E-state index in [0.29, 0.717) is 23.5 Å². The summed E-state index contributed by atoms with van der Waals surface area (Å²) in [6.45, 7) is 6.20. The summed E-state index contributed by atoms with van der Waals surface area (Å²) < 4.78 is 9.98. The SMILES string of the molecule is COC(=O)c1cnc(NCC=CCNC(=O)OC(C)(C)C)c(=S)[nH]1. The van der Waals surface area contributed by atoms with E-state index < -0.39 is 17.7 Å². The Bertz CT molecular complexity index is 664. The highest BCUT2D eigenvalue weighted by atomic mass is 32.1. The van der Waals surface area contributed by atoms with Gasteiger partial charge < -0.3 is 25.1 Å². The molecule has 0 aromatic carbocycles. The van der Waals surface area contributed by atoms with Gasteiger partial charge in [-0.05, 0) is 20.8 Å². The van der Waals surface area contributed by atoms with Gasteiger partial charge >= 0.3 is 12.1 Å². The monoisotopic (exact) mass is 354 g/mol. The van der Waals surface area contributed by atoms with Crippen LogP contribution in [0, 0.1) is 4.64 Å². The number of methoxy groups -OCH3 is 1. The zero-order valence-electron chi connectivity index (χ0n) is 14.1. The molecule has 0 aliphatic rings. The highest BCUT2D eigenvalue weighted by Crippen LogP contribution is 2.06. The Hall–Kier alpha value is -2.42. The molecule has 9 heteroatoms. The first kappa shape index (κ1) is 19.6. The molecule has 24 heavy (non-hydrogen) atoms. The van der Waals surface area contributed by atoms with Gasteiger partial charge in [-0.1, -0.05) is 24.4 Å². The molecular formula is C15H22N4O4S. The van der Waals surface area contributed by atoms with Gasteiger partial charge in [0.15, 0.2) is 5.82 Å². The number of esters is 1. The molecule has 1 aromatic heterocycles. The van der Waals surface area contributed by atoms with Gasteiger partial charge in [-0.15, -0.1) is 0 Å². The summed E-state index contributed by atoms with van der Waals surface area (Å²) >= 11 is 5.11. The number of carbonyl (C=O) groups is 2. The van der Waals surface area contributed by atoms with Gasteiger partial charge in [-0.3, -0.25) is 0 Å². The molecule has 0 spiro atoms. The predicted molar refractivity (Wildman–Crippen MR) is 92.6 cm³/mol. The van der Waals surface area contributed by atoms with Crippen LogP contribution >= 0.6 is 12.2 Å². The number of carbonyl (C=O) groups excluding carboxylic acids is 2. The zero-order chi connectivity index (χ0) is 18.2. The van der Waals surface area contributed by atoms with Crippen molar-refractivity contribution < 1.29 is 19.1 Å². The highest BCUT2D eigenvalue weighted by molar-refractivity contribution is 7.71. The van der Waals surface area contributed by atoms with Crippen LogP contribution in [0.25, 0.3) is 0 Å². The first-order chi connectivity index (χ1) is 11.2.